The van der Waals surface area contributed by atoms with Gasteiger partial charge < -0.3 is 0 Å². The monoisotopic (exact) mass is 349 g/mol. The van der Waals surface area contributed by atoms with Crippen molar-refractivity contribution in [1.29, 1.82) is 0 Å². The highest BCUT2D eigenvalue weighted by atomic mass is 127. The number of hydrogen-bond acceptors (Lipinski definition) is 0. The standard InChI is InChI=1S/C15H14IN2/c1-11-7-3-4-8-12(11)15-17(2)13-9-5-6-10-14(13)18(15)16/h3-10H,1-2H3/q+1. The highest BCUT2D eigenvalue weighted by molar-refractivity contribution is 14.1. The Bertz CT molecular complexity index is 689. The van der Waals surface area contributed by atoms with Crippen LogP contribution in [-0.4, -0.2) is 2.78 Å². The van der Waals surface area contributed by atoms with Gasteiger partial charge in [0.2, 0.25) is 22.9 Å². The van der Waals surface area contributed by atoms with Crippen LogP contribution in [0.1, 0.15) is 5.56 Å². The smallest absolute Gasteiger partial charge is 0.225 e. The summed E-state index contributed by atoms with van der Waals surface area (Å²) in [6.07, 6.45) is 0. The van der Waals surface area contributed by atoms with Crippen molar-refractivity contribution in [2.45, 2.75) is 6.92 Å². The van der Waals surface area contributed by atoms with E-state index in [0.717, 1.165) is 0 Å². The zero-order chi connectivity index (χ0) is 12.7. The summed E-state index contributed by atoms with van der Waals surface area (Å²) >= 11 is 2.38. The quantitative estimate of drug-likeness (QED) is 0.469. The lowest BCUT2D eigenvalue weighted by Gasteiger charge is -2.01. The number of aromatic nitrogens is 2. The van der Waals surface area contributed by atoms with E-state index in [2.05, 4.69) is 92.7 Å². The molecule has 3 rings (SSSR count). The zero-order valence-electron chi connectivity index (χ0n) is 10.4. The number of hydrogen-bond donors (Lipinski definition) is 0. The maximum Gasteiger partial charge on any atom is 0.298 e. The Labute approximate surface area is 120 Å². The van der Waals surface area contributed by atoms with Crippen molar-refractivity contribution in [2.75, 3.05) is 0 Å². The molecule has 90 valence electrons. The second kappa shape index (κ2) is 4.39. The number of imidazole rings is 1. The van der Waals surface area contributed by atoms with Gasteiger partial charge in [0, 0.05) is 0 Å². The first-order valence-corrected chi connectivity index (χ1v) is 6.88. The van der Waals surface area contributed by atoms with Gasteiger partial charge >= 0.3 is 0 Å². The van der Waals surface area contributed by atoms with E-state index in [0.29, 0.717) is 0 Å². The number of rotatable bonds is 1. The Morgan fingerprint density at radius 2 is 1.67 bits per heavy atom. The van der Waals surface area contributed by atoms with Crippen LogP contribution >= 0.6 is 22.9 Å². The summed E-state index contributed by atoms with van der Waals surface area (Å²) in [5.41, 5.74) is 5.09. The molecule has 0 radical (unpaired) electrons. The van der Waals surface area contributed by atoms with Gasteiger partial charge in [-0.05, 0) is 30.7 Å². The summed E-state index contributed by atoms with van der Waals surface area (Å²) in [6, 6.07) is 17.0. The van der Waals surface area contributed by atoms with Crippen LogP contribution < -0.4 is 4.57 Å². The summed E-state index contributed by atoms with van der Waals surface area (Å²) in [6.45, 7) is 2.16. The maximum atomic E-state index is 2.38. The molecule has 0 saturated carbocycles. The fraction of sp³-hybridized carbons (Fsp3) is 0.133. The summed E-state index contributed by atoms with van der Waals surface area (Å²) in [5.74, 6) is 1.23. The van der Waals surface area contributed by atoms with E-state index in [-0.39, 0.29) is 0 Å². The third kappa shape index (κ3) is 1.65. The first-order valence-electron chi connectivity index (χ1n) is 5.92. The van der Waals surface area contributed by atoms with E-state index in [1.54, 1.807) is 0 Å². The number of nitrogens with zero attached hydrogens (tertiary/aromatic N) is 2. The van der Waals surface area contributed by atoms with Crippen molar-refractivity contribution >= 4 is 33.9 Å². The molecule has 0 fully saturated rings. The molecule has 0 spiro atoms. The fourth-order valence-electron chi connectivity index (χ4n) is 2.38. The topological polar surface area (TPSA) is 8.81 Å². The maximum absolute atomic E-state index is 2.38. The highest BCUT2D eigenvalue weighted by Gasteiger charge is 2.23. The second-order valence-corrected chi connectivity index (χ2v) is 5.43. The molecular formula is C15H14IN2+. The van der Waals surface area contributed by atoms with Crippen molar-refractivity contribution < 1.29 is 4.57 Å². The Balaban J connectivity index is 2.40. The Morgan fingerprint density at radius 3 is 2.39 bits per heavy atom. The Hall–Kier alpha value is -1.36. The van der Waals surface area contributed by atoms with Crippen LogP contribution in [0.2, 0.25) is 0 Å². The number of para-hydroxylation sites is 2. The predicted octanol–water partition coefficient (Wildman–Crippen LogP) is 3.64. The molecule has 0 saturated heterocycles. The molecule has 2 nitrogen and oxygen atoms in total. The first-order chi connectivity index (χ1) is 8.70. The van der Waals surface area contributed by atoms with Gasteiger partial charge in [-0.3, -0.25) is 0 Å². The molecule has 0 amide bonds. The van der Waals surface area contributed by atoms with Crippen molar-refractivity contribution in [3.63, 3.8) is 0 Å². The van der Waals surface area contributed by atoms with Crippen LogP contribution in [0.3, 0.4) is 0 Å². The number of halogens is 1. The lowest BCUT2D eigenvalue weighted by Crippen LogP contribution is -2.29. The number of fused-ring (bicyclic) bond motifs is 1. The van der Waals surface area contributed by atoms with Crippen molar-refractivity contribution in [3.8, 4) is 11.4 Å². The Kier molecular flexibility index (Phi) is 2.86. The molecule has 1 aromatic heterocycles. The highest BCUT2D eigenvalue weighted by Crippen LogP contribution is 2.26. The van der Waals surface area contributed by atoms with Crippen LogP contribution in [0.5, 0.6) is 0 Å². The van der Waals surface area contributed by atoms with Gasteiger partial charge in [0.25, 0.3) is 5.82 Å². The average molecular weight is 349 g/mol. The van der Waals surface area contributed by atoms with Gasteiger partial charge in [-0.2, -0.15) is 2.78 Å². The van der Waals surface area contributed by atoms with Gasteiger partial charge in [-0.15, -0.1) is 0 Å². The van der Waals surface area contributed by atoms with Gasteiger partial charge in [-0.1, -0.05) is 30.3 Å². The molecule has 1 heterocycles. The molecule has 0 aliphatic heterocycles. The van der Waals surface area contributed by atoms with Gasteiger partial charge in [0.15, 0.2) is 11.0 Å². The minimum atomic E-state index is 1.23. The average Bonchev–Trinajstić information content (AvgIpc) is 2.64. The van der Waals surface area contributed by atoms with E-state index in [1.165, 1.54) is 28.0 Å². The summed E-state index contributed by atoms with van der Waals surface area (Å²) in [4.78, 5) is 0. The SMILES string of the molecule is Cc1ccccc1-c1n(I)c2ccccc2[n+]1C. The van der Waals surface area contributed by atoms with Gasteiger partial charge in [0.05, 0.1) is 12.6 Å². The van der Waals surface area contributed by atoms with Crippen molar-refractivity contribution in [3.05, 3.63) is 54.1 Å². The molecule has 0 atom stereocenters. The van der Waals surface area contributed by atoms with Crippen LogP contribution in [0.15, 0.2) is 48.5 Å². The molecule has 3 heteroatoms. The molecule has 3 aromatic rings. The summed E-state index contributed by atoms with van der Waals surface area (Å²) < 4.78 is 4.49. The van der Waals surface area contributed by atoms with Crippen molar-refractivity contribution in [2.24, 2.45) is 7.05 Å². The van der Waals surface area contributed by atoms with Crippen LogP contribution in [-0.2, 0) is 7.05 Å². The molecule has 0 aliphatic carbocycles. The molecular weight excluding hydrogens is 335 g/mol. The van der Waals surface area contributed by atoms with E-state index in [4.69, 9.17) is 0 Å². The third-order valence-corrected chi connectivity index (χ3v) is 4.32. The summed E-state index contributed by atoms with van der Waals surface area (Å²) in [5, 5.41) is 0. The zero-order valence-corrected chi connectivity index (χ0v) is 12.5. The minimum Gasteiger partial charge on any atom is -0.225 e. The van der Waals surface area contributed by atoms with Crippen molar-refractivity contribution in [1.82, 2.24) is 2.78 Å². The Morgan fingerprint density at radius 1 is 1.00 bits per heavy atom. The van der Waals surface area contributed by atoms with Crippen LogP contribution in [0.25, 0.3) is 22.4 Å². The van der Waals surface area contributed by atoms with E-state index < -0.39 is 0 Å². The van der Waals surface area contributed by atoms with Gasteiger partial charge in [0.1, 0.15) is 0 Å². The second-order valence-electron chi connectivity index (χ2n) is 4.47. The lowest BCUT2D eigenvalue weighted by molar-refractivity contribution is -0.633. The number of aryl methyl sites for hydroxylation is 2. The number of benzene rings is 2. The molecule has 0 aliphatic rings. The molecule has 0 unspecified atom stereocenters. The molecule has 0 bridgehead atoms. The van der Waals surface area contributed by atoms with E-state index in [9.17, 15) is 0 Å². The lowest BCUT2D eigenvalue weighted by atomic mass is 10.1. The van der Waals surface area contributed by atoms with Crippen LogP contribution in [0, 0.1) is 6.92 Å². The normalized spacial score (nSPS) is 11.1. The van der Waals surface area contributed by atoms with Gasteiger partial charge in [-0.25, -0.2) is 4.57 Å². The third-order valence-electron chi connectivity index (χ3n) is 3.34. The largest absolute Gasteiger partial charge is 0.298 e. The van der Waals surface area contributed by atoms with Crippen LogP contribution in [0.4, 0.5) is 0 Å². The summed E-state index contributed by atoms with van der Waals surface area (Å²) in [7, 11) is 2.12. The fourth-order valence-corrected chi connectivity index (χ4v) is 3.38. The molecule has 0 N–H and O–H groups in total. The van der Waals surface area contributed by atoms with E-state index >= 15 is 0 Å². The molecule has 2 aromatic carbocycles. The predicted molar refractivity (Wildman–Crippen MR) is 82.7 cm³/mol. The molecule has 18 heavy (non-hydrogen) atoms. The first kappa shape index (κ1) is 11.7. The van der Waals surface area contributed by atoms with E-state index in [1.807, 2.05) is 0 Å². The minimum absolute atomic E-state index is 1.23.